The van der Waals surface area contributed by atoms with Gasteiger partial charge in [0, 0.05) is 4.78 Å². The van der Waals surface area contributed by atoms with E-state index in [1.165, 1.54) is 11.3 Å². The molecule has 0 aliphatic carbocycles. The Morgan fingerprint density at radius 2 is 2.11 bits per heavy atom. The van der Waals surface area contributed by atoms with E-state index in [2.05, 4.69) is 15.9 Å². The zero-order valence-electron chi connectivity index (χ0n) is 4.41. The Kier molecular flexibility index (Phi) is 2.29. The van der Waals surface area contributed by atoms with Crippen LogP contribution < -0.4 is 4.78 Å². The Hall–Kier alpha value is 0.165. The Morgan fingerprint density at radius 3 is 2.33 bits per heavy atom. The third-order valence-corrected chi connectivity index (χ3v) is 2.51. The van der Waals surface area contributed by atoms with Crippen molar-refractivity contribution < 1.29 is 10.0 Å². The van der Waals surface area contributed by atoms with Crippen molar-refractivity contribution in [3.05, 3.63) is 15.9 Å². The van der Waals surface area contributed by atoms with E-state index in [-0.39, 0.29) is 0 Å². The molecular formula is C4H4BBrO2S. The third kappa shape index (κ3) is 1.79. The van der Waals surface area contributed by atoms with Gasteiger partial charge in [-0.05, 0) is 22.0 Å². The van der Waals surface area contributed by atoms with Crippen LogP contribution in [0.15, 0.2) is 15.9 Å². The number of hydrogen-bond donors (Lipinski definition) is 2. The van der Waals surface area contributed by atoms with E-state index in [0.29, 0.717) is 4.78 Å². The second-order valence-electron chi connectivity index (χ2n) is 1.52. The minimum absolute atomic E-state index is 0.557. The molecule has 0 bridgehead atoms. The summed E-state index contributed by atoms with van der Waals surface area (Å²) in [6.07, 6.45) is 0. The summed E-state index contributed by atoms with van der Waals surface area (Å²) in [6, 6.07) is 3.44. The molecule has 0 saturated heterocycles. The number of rotatable bonds is 1. The third-order valence-electron chi connectivity index (χ3n) is 0.848. The molecule has 1 rings (SSSR count). The van der Waals surface area contributed by atoms with Crippen LogP contribution in [0.25, 0.3) is 0 Å². The van der Waals surface area contributed by atoms with Crippen LogP contribution in [-0.2, 0) is 0 Å². The molecule has 0 radical (unpaired) electrons. The number of thiophene rings is 1. The Balaban J connectivity index is 2.85. The van der Waals surface area contributed by atoms with Crippen LogP contribution in [0.1, 0.15) is 0 Å². The summed E-state index contributed by atoms with van der Waals surface area (Å²) in [6.45, 7) is 0. The number of hydrogen-bond acceptors (Lipinski definition) is 3. The van der Waals surface area contributed by atoms with Crippen LogP contribution in [-0.4, -0.2) is 17.2 Å². The van der Waals surface area contributed by atoms with E-state index in [4.69, 9.17) is 10.0 Å². The maximum absolute atomic E-state index is 8.58. The molecule has 9 heavy (non-hydrogen) atoms. The standard InChI is InChI=1S/C4H4BBrO2S/c6-4-2-1-3(9-4)5(7)8/h1-2,7-8H. The van der Waals surface area contributed by atoms with Gasteiger partial charge in [-0.1, -0.05) is 6.07 Å². The monoisotopic (exact) mass is 206 g/mol. The normalized spacial score (nSPS) is 9.67. The molecule has 5 heteroatoms. The van der Waals surface area contributed by atoms with Gasteiger partial charge in [0.2, 0.25) is 0 Å². The van der Waals surface area contributed by atoms with E-state index in [1.807, 2.05) is 0 Å². The first-order chi connectivity index (χ1) is 4.20. The minimum atomic E-state index is -1.33. The Bertz CT molecular complexity index is 200. The van der Waals surface area contributed by atoms with E-state index in [1.54, 1.807) is 12.1 Å². The van der Waals surface area contributed by atoms with Crippen LogP contribution in [0.5, 0.6) is 0 Å². The molecule has 0 spiro atoms. The average Bonchev–Trinajstić information content (AvgIpc) is 2.14. The maximum Gasteiger partial charge on any atom is 0.499 e. The summed E-state index contributed by atoms with van der Waals surface area (Å²) in [7, 11) is -1.33. The molecule has 0 aromatic carbocycles. The predicted molar refractivity (Wildman–Crippen MR) is 41.8 cm³/mol. The van der Waals surface area contributed by atoms with Crippen LogP contribution in [0.3, 0.4) is 0 Å². The van der Waals surface area contributed by atoms with Gasteiger partial charge >= 0.3 is 7.12 Å². The molecule has 2 nitrogen and oxygen atoms in total. The smallest absolute Gasteiger partial charge is 0.423 e. The second kappa shape index (κ2) is 2.83. The van der Waals surface area contributed by atoms with Crippen molar-refractivity contribution >= 4 is 39.2 Å². The molecule has 2 N–H and O–H groups in total. The lowest BCUT2D eigenvalue weighted by atomic mass is 9.90. The first kappa shape index (κ1) is 7.27. The van der Waals surface area contributed by atoms with Gasteiger partial charge in [0.05, 0.1) is 3.79 Å². The average molecular weight is 207 g/mol. The van der Waals surface area contributed by atoms with Gasteiger partial charge in [0.15, 0.2) is 0 Å². The fourth-order valence-corrected chi connectivity index (χ4v) is 1.76. The molecule has 0 fully saturated rings. The zero-order chi connectivity index (χ0) is 6.85. The lowest BCUT2D eigenvalue weighted by Gasteiger charge is -1.87. The fraction of sp³-hybridized carbons (Fsp3) is 0. The summed E-state index contributed by atoms with van der Waals surface area (Å²) in [5, 5.41) is 17.2. The quantitative estimate of drug-likeness (QED) is 0.645. The topological polar surface area (TPSA) is 40.5 Å². The first-order valence-corrected chi connectivity index (χ1v) is 3.92. The molecule has 1 aromatic heterocycles. The molecule has 48 valence electrons. The van der Waals surface area contributed by atoms with Crippen LogP contribution >= 0.6 is 27.3 Å². The van der Waals surface area contributed by atoms with E-state index < -0.39 is 7.12 Å². The summed E-state index contributed by atoms with van der Waals surface area (Å²) >= 11 is 4.51. The molecule has 0 aliphatic heterocycles. The largest absolute Gasteiger partial charge is 0.499 e. The van der Waals surface area contributed by atoms with E-state index in [0.717, 1.165) is 3.79 Å². The highest BCUT2D eigenvalue weighted by Gasteiger charge is 2.12. The van der Waals surface area contributed by atoms with Crippen LogP contribution in [0.2, 0.25) is 0 Å². The zero-order valence-corrected chi connectivity index (χ0v) is 6.82. The van der Waals surface area contributed by atoms with E-state index >= 15 is 0 Å². The molecule has 0 saturated carbocycles. The van der Waals surface area contributed by atoms with Crippen molar-refractivity contribution in [2.75, 3.05) is 0 Å². The summed E-state index contributed by atoms with van der Waals surface area (Å²) in [4.78, 5) is 0. The van der Waals surface area contributed by atoms with Gasteiger partial charge in [-0.3, -0.25) is 0 Å². The van der Waals surface area contributed by atoms with Crippen LogP contribution in [0.4, 0.5) is 0 Å². The van der Waals surface area contributed by atoms with Gasteiger partial charge in [-0.15, -0.1) is 11.3 Å². The summed E-state index contributed by atoms with van der Waals surface area (Å²) in [5.41, 5.74) is 0. The highest BCUT2D eigenvalue weighted by molar-refractivity contribution is 9.11. The molecule has 0 unspecified atom stereocenters. The highest BCUT2D eigenvalue weighted by Crippen LogP contribution is 2.13. The highest BCUT2D eigenvalue weighted by atomic mass is 79.9. The van der Waals surface area contributed by atoms with E-state index in [9.17, 15) is 0 Å². The predicted octanol–water partition coefficient (Wildman–Crippen LogP) is 0.190. The van der Waals surface area contributed by atoms with Gasteiger partial charge < -0.3 is 10.0 Å². The maximum atomic E-state index is 8.58. The molecular weight excluding hydrogens is 203 g/mol. The van der Waals surface area contributed by atoms with Crippen molar-refractivity contribution in [1.29, 1.82) is 0 Å². The van der Waals surface area contributed by atoms with Crippen molar-refractivity contribution in [2.24, 2.45) is 0 Å². The van der Waals surface area contributed by atoms with Gasteiger partial charge in [0.1, 0.15) is 0 Å². The lowest BCUT2D eigenvalue weighted by molar-refractivity contribution is 0.427. The van der Waals surface area contributed by atoms with Gasteiger partial charge in [-0.2, -0.15) is 0 Å². The van der Waals surface area contributed by atoms with Gasteiger partial charge in [-0.25, -0.2) is 0 Å². The molecule has 0 aliphatic rings. The minimum Gasteiger partial charge on any atom is -0.423 e. The lowest BCUT2D eigenvalue weighted by Crippen LogP contribution is -2.26. The summed E-state index contributed by atoms with van der Waals surface area (Å²) in [5.74, 6) is 0. The van der Waals surface area contributed by atoms with Crippen molar-refractivity contribution in [3.8, 4) is 0 Å². The SMILES string of the molecule is OB(O)c1ccc(Br)s1. The molecule has 1 aromatic rings. The van der Waals surface area contributed by atoms with Crippen molar-refractivity contribution in [1.82, 2.24) is 0 Å². The second-order valence-corrected chi connectivity index (χ2v) is 4.01. The van der Waals surface area contributed by atoms with Crippen molar-refractivity contribution in [2.45, 2.75) is 0 Å². The molecule has 1 heterocycles. The van der Waals surface area contributed by atoms with Crippen LogP contribution in [0, 0.1) is 0 Å². The Morgan fingerprint density at radius 1 is 1.44 bits per heavy atom. The first-order valence-electron chi connectivity index (χ1n) is 2.31. The van der Waals surface area contributed by atoms with Crippen molar-refractivity contribution in [3.63, 3.8) is 0 Å². The molecule has 0 atom stereocenters. The molecule has 0 amide bonds. The summed E-state index contributed by atoms with van der Waals surface area (Å²) < 4.78 is 1.47. The van der Waals surface area contributed by atoms with Gasteiger partial charge in [0.25, 0.3) is 0 Å². The Labute approximate surface area is 65.4 Å². The fourth-order valence-electron chi connectivity index (χ4n) is 0.467. The number of halogens is 1.